The van der Waals surface area contributed by atoms with Crippen molar-refractivity contribution in [3.63, 3.8) is 0 Å². The van der Waals surface area contributed by atoms with E-state index in [0.29, 0.717) is 29.3 Å². The minimum absolute atomic E-state index is 0.0437. The molecule has 1 N–H and O–H groups in total. The molecule has 1 aromatic carbocycles. The van der Waals surface area contributed by atoms with Crippen molar-refractivity contribution >= 4 is 11.6 Å². The minimum atomic E-state index is -1.01. The van der Waals surface area contributed by atoms with Crippen molar-refractivity contribution in [3.05, 3.63) is 34.6 Å². The molecule has 2 atom stereocenters. The smallest absolute Gasteiger partial charge is 0.123 e. The molecule has 2 rings (SSSR count). The molecule has 0 radical (unpaired) electrons. The molecule has 1 fully saturated rings. The van der Waals surface area contributed by atoms with Gasteiger partial charge in [-0.25, -0.2) is 4.39 Å². The Hall–Kier alpha value is -0.600. The summed E-state index contributed by atoms with van der Waals surface area (Å²) in [6, 6.07) is 4.22. The molecule has 2 unspecified atom stereocenters. The van der Waals surface area contributed by atoms with Gasteiger partial charge in [-0.2, -0.15) is 0 Å². The lowest BCUT2D eigenvalue weighted by Gasteiger charge is -2.45. The van der Waals surface area contributed by atoms with E-state index in [-0.39, 0.29) is 11.2 Å². The highest BCUT2D eigenvalue weighted by atomic mass is 35.5. The predicted molar refractivity (Wildman–Crippen MR) is 72.1 cm³/mol. The monoisotopic (exact) mass is 270 g/mol. The zero-order valence-corrected chi connectivity index (χ0v) is 11.9. The highest BCUT2D eigenvalue weighted by Gasteiger charge is 2.43. The van der Waals surface area contributed by atoms with Crippen LogP contribution in [0.25, 0.3) is 0 Å². The third-order valence-electron chi connectivity index (χ3n) is 3.79. The third kappa shape index (κ3) is 2.70. The topological polar surface area (TPSA) is 20.2 Å². The fourth-order valence-corrected chi connectivity index (χ4v) is 3.88. The number of benzene rings is 1. The van der Waals surface area contributed by atoms with Gasteiger partial charge in [0.1, 0.15) is 5.82 Å². The summed E-state index contributed by atoms with van der Waals surface area (Å²) in [6.07, 6.45) is 2.33. The molecule has 100 valence electrons. The van der Waals surface area contributed by atoms with E-state index in [1.165, 1.54) is 18.2 Å². The van der Waals surface area contributed by atoms with Gasteiger partial charge in [0, 0.05) is 10.6 Å². The fraction of sp³-hybridized carbons (Fsp3) is 0.600. The van der Waals surface area contributed by atoms with Crippen molar-refractivity contribution in [2.45, 2.75) is 45.6 Å². The first-order valence-corrected chi connectivity index (χ1v) is 6.78. The second-order valence-electron chi connectivity index (χ2n) is 6.51. The van der Waals surface area contributed by atoms with Crippen molar-refractivity contribution in [2.24, 2.45) is 11.3 Å². The summed E-state index contributed by atoms with van der Waals surface area (Å²) in [5.74, 6) is 0.0527. The normalized spacial score (nSPS) is 31.3. The molecular weight excluding hydrogens is 251 g/mol. The van der Waals surface area contributed by atoms with Crippen LogP contribution >= 0.6 is 11.6 Å². The molecule has 0 heterocycles. The van der Waals surface area contributed by atoms with Crippen molar-refractivity contribution in [1.82, 2.24) is 0 Å². The Labute approximate surface area is 113 Å². The van der Waals surface area contributed by atoms with E-state index < -0.39 is 5.60 Å². The molecule has 0 spiro atoms. The zero-order valence-electron chi connectivity index (χ0n) is 11.1. The van der Waals surface area contributed by atoms with Crippen LogP contribution in [0.2, 0.25) is 5.02 Å². The second kappa shape index (κ2) is 4.50. The van der Waals surface area contributed by atoms with Crippen LogP contribution in [0.1, 0.15) is 45.6 Å². The van der Waals surface area contributed by atoms with Gasteiger partial charge in [-0.15, -0.1) is 0 Å². The third-order valence-corrected chi connectivity index (χ3v) is 4.12. The molecule has 0 amide bonds. The summed E-state index contributed by atoms with van der Waals surface area (Å²) in [7, 11) is 0. The van der Waals surface area contributed by atoms with Gasteiger partial charge in [0.05, 0.1) is 5.60 Å². The Morgan fingerprint density at radius 1 is 1.33 bits per heavy atom. The summed E-state index contributed by atoms with van der Waals surface area (Å²) in [6.45, 7) is 6.40. The maximum Gasteiger partial charge on any atom is 0.123 e. The largest absolute Gasteiger partial charge is 0.385 e. The Kier molecular flexibility index (Phi) is 3.46. The summed E-state index contributed by atoms with van der Waals surface area (Å²) in [5, 5.41) is 11.4. The molecule has 1 nitrogen and oxygen atoms in total. The van der Waals surface area contributed by atoms with E-state index in [0.717, 1.165) is 6.42 Å². The van der Waals surface area contributed by atoms with Crippen molar-refractivity contribution < 1.29 is 9.50 Å². The van der Waals surface area contributed by atoms with Gasteiger partial charge in [-0.05, 0) is 48.8 Å². The Bertz CT molecular complexity index is 458. The van der Waals surface area contributed by atoms with Crippen LogP contribution in [0.4, 0.5) is 4.39 Å². The Balaban J connectivity index is 2.43. The average Bonchev–Trinajstić information content (AvgIpc) is 2.17. The first kappa shape index (κ1) is 13.8. The lowest BCUT2D eigenvalue weighted by atomic mass is 9.64. The van der Waals surface area contributed by atoms with Crippen LogP contribution in [0.15, 0.2) is 18.2 Å². The van der Waals surface area contributed by atoms with E-state index in [2.05, 4.69) is 20.8 Å². The SMILES string of the molecule is CC1CC(C)(C)CC(O)(c2cc(F)ccc2Cl)C1. The molecule has 1 aliphatic rings. The van der Waals surface area contributed by atoms with Gasteiger partial charge in [0.25, 0.3) is 0 Å². The fourth-order valence-electron chi connectivity index (χ4n) is 3.59. The van der Waals surface area contributed by atoms with Gasteiger partial charge in [0.15, 0.2) is 0 Å². The lowest BCUT2D eigenvalue weighted by molar-refractivity contribution is -0.0636. The predicted octanol–water partition coefficient (Wildman–Crippen LogP) is 4.51. The highest BCUT2D eigenvalue weighted by Crippen LogP contribution is 2.49. The molecular formula is C15H20ClFO. The maximum absolute atomic E-state index is 13.4. The first-order valence-electron chi connectivity index (χ1n) is 6.40. The molecule has 18 heavy (non-hydrogen) atoms. The molecule has 3 heteroatoms. The quantitative estimate of drug-likeness (QED) is 0.796. The van der Waals surface area contributed by atoms with Crippen LogP contribution in [0.3, 0.4) is 0 Å². The zero-order chi connectivity index (χ0) is 13.6. The number of hydrogen-bond acceptors (Lipinski definition) is 1. The van der Waals surface area contributed by atoms with Crippen molar-refractivity contribution in [3.8, 4) is 0 Å². The van der Waals surface area contributed by atoms with E-state index in [1.807, 2.05) is 0 Å². The van der Waals surface area contributed by atoms with Gasteiger partial charge in [-0.1, -0.05) is 32.4 Å². The van der Waals surface area contributed by atoms with E-state index >= 15 is 0 Å². The van der Waals surface area contributed by atoms with Crippen LogP contribution in [-0.2, 0) is 5.60 Å². The maximum atomic E-state index is 13.4. The van der Waals surface area contributed by atoms with Gasteiger partial charge in [-0.3, -0.25) is 0 Å². The van der Waals surface area contributed by atoms with Gasteiger partial charge in [0.2, 0.25) is 0 Å². The van der Waals surface area contributed by atoms with Crippen LogP contribution in [0, 0.1) is 17.2 Å². The number of hydrogen-bond donors (Lipinski definition) is 1. The van der Waals surface area contributed by atoms with E-state index in [9.17, 15) is 9.50 Å². The molecule has 0 aliphatic heterocycles. The van der Waals surface area contributed by atoms with Crippen molar-refractivity contribution in [1.29, 1.82) is 0 Å². The molecule has 1 aromatic rings. The summed E-state index contributed by atoms with van der Waals surface area (Å²) >= 11 is 6.13. The Morgan fingerprint density at radius 2 is 2.00 bits per heavy atom. The second-order valence-corrected chi connectivity index (χ2v) is 6.92. The summed E-state index contributed by atoms with van der Waals surface area (Å²) in [5.41, 5.74) is -0.439. The molecule has 0 bridgehead atoms. The summed E-state index contributed by atoms with van der Waals surface area (Å²) in [4.78, 5) is 0. The lowest BCUT2D eigenvalue weighted by Crippen LogP contribution is -2.40. The van der Waals surface area contributed by atoms with Gasteiger partial charge >= 0.3 is 0 Å². The standard InChI is InChI=1S/C15H20ClFO/c1-10-7-14(2,3)9-15(18,8-10)12-6-11(17)4-5-13(12)16/h4-6,10,18H,7-9H2,1-3H3. The highest BCUT2D eigenvalue weighted by molar-refractivity contribution is 6.31. The number of rotatable bonds is 1. The molecule has 0 aromatic heterocycles. The van der Waals surface area contributed by atoms with Crippen LogP contribution < -0.4 is 0 Å². The Morgan fingerprint density at radius 3 is 2.61 bits per heavy atom. The van der Waals surface area contributed by atoms with Gasteiger partial charge < -0.3 is 5.11 Å². The van der Waals surface area contributed by atoms with E-state index in [1.54, 1.807) is 0 Å². The molecule has 1 aliphatic carbocycles. The van der Waals surface area contributed by atoms with Crippen LogP contribution in [-0.4, -0.2) is 5.11 Å². The average molecular weight is 271 g/mol. The van der Waals surface area contributed by atoms with Crippen LogP contribution in [0.5, 0.6) is 0 Å². The minimum Gasteiger partial charge on any atom is -0.385 e. The summed E-state index contributed by atoms with van der Waals surface area (Å²) < 4.78 is 13.4. The van der Waals surface area contributed by atoms with Crippen molar-refractivity contribution in [2.75, 3.05) is 0 Å². The molecule has 0 saturated heterocycles. The molecule has 1 saturated carbocycles. The number of halogens is 2. The van der Waals surface area contributed by atoms with E-state index in [4.69, 9.17) is 11.6 Å². The first-order chi connectivity index (χ1) is 8.22. The number of aliphatic hydroxyl groups is 1.